The standard InChI is InChI=1S/C18H18O5/c1-20-15-11-9-14(10-12-16(19)23-22-3)17(18(15)21-2)13-7-5-4-6-8-13/h4-12H,1-3H3. The topological polar surface area (TPSA) is 54.0 Å². The van der Waals surface area contributed by atoms with E-state index in [1.165, 1.54) is 13.2 Å². The highest BCUT2D eigenvalue weighted by molar-refractivity contribution is 5.90. The quantitative estimate of drug-likeness (QED) is 0.464. The van der Waals surface area contributed by atoms with Crippen LogP contribution in [0.3, 0.4) is 0 Å². The van der Waals surface area contributed by atoms with E-state index in [4.69, 9.17) is 9.47 Å². The monoisotopic (exact) mass is 314 g/mol. The second-order valence-electron chi connectivity index (χ2n) is 4.53. The highest BCUT2D eigenvalue weighted by atomic mass is 17.2. The molecule has 2 aromatic rings. The average Bonchev–Trinajstić information content (AvgIpc) is 2.60. The maximum absolute atomic E-state index is 11.5. The van der Waals surface area contributed by atoms with Gasteiger partial charge in [-0.05, 0) is 23.3 Å². The molecular formula is C18H18O5. The molecule has 0 saturated heterocycles. The summed E-state index contributed by atoms with van der Waals surface area (Å²) < 4.78 is 10.9. The summed E-state index contributed by atoms with van der Waals surface area (Å²) in [6.07, 6.45) is 2.93. The van der Waals surface area contributed by atoms with Crippen LogP contribution in [-0.2, 0) is 14.6 Å². The van der Waals surface area contributed by atoms with Crippen molar-refractivity contribution in [3.05, 3.63) is 54.1 Å². The van der Waals surface area contributed by atoms with Gasteiger partial charge in [0.25, 0.3) is 0 Å². The number of rotatable bonds is 6. The third-order valence-electron chi connectivity index (χ3n) is 3.20. The molecule has 0 aromatic heterocycles. The molecule has 2 rings (SSSR count). The van der Waals surface area contributed by atoms with Crippen LogP contribution in [0.4, 0.5) is 0 Å². The predicted molar refractivity (Wildman–Crippen MR) is 87.1 cm³/mol. The molecule has 0 spiro atoms. The van der Waals surface area contributed by atoms with Crippen molar-refractivity contribution >= 4 is 12.0 Å². The number of methoxy groups -OCH3 is 2. The third kappa shape index (κ3) is 3.90. The average molecular weight is 314 g/mol. The molecule has 120 valence electrons. The number of ether oxygens (including phenoxy) is 2. The lowest BCUT2D eigenvalue weighted by Gasteiger charge is -2.15. The Morgan fingerprint density at radius 1 is 0.957 bits per heavy atom. The smallest absolute Gasteiger partial charge is 0.365 e. The van der Waals surface area contributed by atoms with E-state index >= 15 is 0 Å². The van der Waals surface area contributed by atoms with Crippen LogP contribution in [0.1, 0.15) is 5.56 Å². The molecule has 2 aromatic carbocycles. The second-order valence-corrected chi connectivity index (χ2v) is 4.53. The minimum absolute atomic E-state index is 0.596. The SMILES string of the molecule is COOC(=O)C=Cc1ccc(OC)c(OC)c1-c1ccccc1. The summed E-state index contributed by atoms with van der Waals surface area (Å²) >= 11 is 0. The van der Waals surface area contributed by atoms with Gasteiger partial charge in [0.15, 0.2) is 11.5 Å². The zero-order chi connectivity index (χ0) is 16.7. The number of hydrogen-bond acceptors (Lipinski definition) is 5. The summed E-state index contributed by atoms with van der Waals surface area (Å²) in [6, 6.07) is 13.3. The molecule has 23 heavy (non-hydrogen) atoms. The van der Waals surface area contributed by atoms with Crippen LogP contribution in [0.2, 0.25) is 0 Å². The highest BCUT2D eigenvalue weighted by Crippen LogP contribution is 2.41. The van der Waals surface area contributed by atoms with E-state index < -0.39 is 5.97 Å². The van der Waals surface area contributed by atoms with Gasteiger partial charge in [0.05, 0.1) is 21.3 Å². The van der Waals surface area contributed by atoms with Crippen molar-refractivity contribution in [3.8, 4) is 22.6 Å². The molecule has 0 fully saturated rings. The first-order chi connectivity index (χ1) is 11.2. The Morgan fingerprint density at radius 3 is 2.30 bits per heavy atom. The first-order valence-electron chi connectivity index (χ1n) is 6.94. The first-order valence-corrected chi connectivity index (χ1v) is 6.94. The van der Waals surface area contributed by atoms with Crippen molar-refractivity contribution in [1.29, 1.82) is 0 Å². The van der Waals surface area contributed by atoms with E-state index in [1.807, 2.05) is 36.4 Å². The minimum atomic E-state index is -0.596. The normalized spacial score (nSPS) is 10.6. The van der Waals surface area contributed by atoms with Crippen molar-refractivity contribution in [2.75, 3.05) is 21.3 Å². The Balaban J connectivity index is 2.56. The van der Waals surface area contributed by atoms with Gasteiger partial charge in [-0.3, -0.25) is 4.89 Å². The molecule has 0 aliphatic rings. The van der Waals surface area contributed by atoms with Gasteiger partial charge in [0.2, 0.25) is 0 Å². The van der Waals surface area contributed by atoms with Crippen LogP contribution < -0.4 is 9.47 Å². The zero-order valence-electron chi connectivity index (χ0n) is 13.2. The van der Waals surface area contributed by atoms with Gasteiger partial charge in [-0.15, -0.1) is 0 Å². The van der Waals surface area contributed by atoms with Crippen LogP contribution in [0.15, 0.2) is 48.5 Å². The summed E-state index contributed by atoms with van der Waals surface area (Å²) in [5.74, 6) is 0.616. The van der Waals surface area contributed by atoms with Crippen molar-refractivity contribution in [2.45, 2.75) is 0 Å². The maximum atomic E-state index is 11.5. The Bertz CT molecular complexity index is 692. The van der Waals surface area contributed by atoms with Gasteiger partial charge in [0, 0.05) is 11.6 Å². The van der Waals surface area contributed by atoms with Gasteiger partial charge in [-0.2, -0.15) is 4.89 Å². The van der Waals surface area contributed by atoms with E-state index in [2.05, 4.69) is 9.78 Å². The van der Waals surface area contributed by atoms with Crippen molar-refractivity contribution in [3.63, 3.8) is 0 Å². The van der Waals surface area contributed by atoms with Gasteiger partial charge < -0.3 is 9.47 Å². The molecule has 0 N–H and O–H groups in total. The molecule has 5 heteroatoms. The Kier molecular flexibility index (Phi) is 5.77. The largest absolute Gasteiger partial charge is 0.493 e. The van der Waals surface area contributed by atoms with Gasteiger partial charge in [-0.25, -0.2) is 4.79 Å². The van der Waals surface area contributed by atoms with Crippen molar-refractivity contribution in [2.24, 2.45) is 0 Å². The zero-order valence-corrected chi connectivity index (χ0v) is 13.2. The Labute approximate surface area is 135 Å². The van der Waals surface area contributed by atoms with Crippen LogP contribution in [-0.4, -0.2) is 27.3 Å². The highest BCUT2D eigenvalue weighted by Gasteiger charge is 2.15. The lowest BCUT2D eigenvalue weighted by molar-refractivity contribution is -0.249. The molecule has 0 bridgehead atoms. The fraction of sp³-hybridized carbons (Fsp3) is 0.167. The minimum Gasteiger partial charge on any atom is -0.493 e. The molecule has 5 nitrogen and oxygen atoms in total. The number of hydrogen-bond donors (Lipinski definition) is 0. The molecule has 0 saturated carbocycles. The lowest BCUT2D eigenvalue weighted by Crippen LogP contribution is -1.99. The van der Waals surface area contributed by atoms with Gasteiger partial charge in [0.1, 0.15) is 0 Å². The molecule has 0 amide bonds. The van der Waals surface area contributed by atoms with Crippen LogP contribution in [0.5, 0.6) is 11.5 Å². The Hall–Kier alpha value is -2.79. The van der Waals surface area contributed by atoms with Crippen LogP contribution >= 0.6 is 0 Å². The molecule has 0 aliphatic carbocycles. The van der Waals surface area contributed by atoms with E-state index in [0.29, 0.717) is 11.5 Å². The molecule has 0 atom stereocenters. The first kappa shape index (κ1) is 16.6. The molecular weight excluding hydrogens is 296 g/mol. The third-order valence-corrected chi connectivity index (χ3v) is 3.20. The number of benzene rings is 2. The number of carbonyl (C=O) groups is 1. The fourth-order valence-corrected chi connectivity index (χ4v) is 2.25. The molecule has 0 aliphatic heterocycles. The molecule has 0 heterocycles. The molecule has 0 radical (unpaired) electrons. The summed E-state index contributed by atoms with van der Waals surface area (Å²) in [5.41, 5.74) is 2.57. The Morgan fingerprint density at radius 2 is 1.70 bits per heavy atom. The predicted octanol–water partition coefficient (Wildman–Crippen LogP) is 3.49. The maximum Gasteiger partial charge on any atom is 0.365 e. The number of carbonyl (C=O) groups excluding carboxylic acids is 1. The van der Waals surface area contributed by atoms with Crippen LogP contribution in [0.25, 0.3) is 17.2 Å². The van der Waals surface area contributed by atoms with Crippen molar-refractivity contribution in [1.82, 2.24) is 0 Å². The lowest BCUT2D eigenvalue weighted by atomic mass is 9.97. The van der Waals surface area contributed by atoms with E-state index in [0.717, 1.165) is 16.7 Å². The van der Waals surface area contributed by atoms with Crippen LogP contribution in [0, 0.1) is 0 Å². The fourth-order valence-electron chi connectivity index (χ4n) is 2.25. The summed E-state index contributed by atoms with van der Waals surface area (Å²) in [7, 11) is 4.44. The van der Waals surface area contributed by atoms with Crippen molar-refractivity contribution < 1.29 is 24.0 Å². The van der Waals surface area contributed by atoms with E-state index in [-0.39, 0.29) is 0 Å². The summed E-state index contributed by atoms with van der Waals surface area (Å²) in [6.45, 7) is 0. The van der Waals surface area contributed by atoms with E-state index in [9.17, 15) is 4.79 Å². The summed E-state index contributed by atoms with van der Waals surface area (Å²) in [4.78, 5) is 20.2. The molecule has 0 unspecified atom stereocenters. The van der Waals surface area contributed by atoms with Gasteiger partial charge in [-0.1, -0.05) is 36.4 Å². The second kappa shape index (κ2) is 8.00. The van der Waals surface area contributed by atoms with E-state index in [1.54, 1.807) is 26.4 Å². The van der Waals surface area contributed by atoms with Gasteiger partial charge >= 0.3 is 5.97 Å². The summed E-state index contributed by atoms with van der Waals surface area (Å²) in [5, 5.41) is 0.